The van der Waals surface area contributed by atoms with Crippen LogP contribution in [-0.2, 0) is 17.7 Å². The van der Waals surface area contributed by atoms with Gasteiger partial charge in [-0.25, -0.2) is 9.89 Å². The van der Waals surface area contributed by atoms with Crippen LogP contribution in [0.25, 0.3) is 11.3 Å². The zero-order chi connectivity index (χ0) is 15.5. The quantitative estimate of drug-likeness (QED) is 0.728. The maximum Gasteiger partial charge on any atom is 0.341 e. The standard InChI is InChI=1S/C15H14N4O3/c1-22-15(21)12-9-19(7-4-10-2-5-16-6-3-10)8-11-13(12)17-18-14(11)20/h2-3,5-6,8-9H,4,7H2,1H3,(H,18,20). The molecule has 0 radical (unpaired) electrons. The Kier molecular flexibility index (Phi) is 3.69. The van der Waals surface area contributed by atoms with Gasteiger partial charge in [-0.05, 0) is 24.1 Å². The van der Waals surface area contributed by atoms with Crippen LogP contribution in [0.4, 0.5) is 0 Å². The van der Waals surface area contributed by atoms with E-state index in [2.05, 4.69) is 15.2 Å². The second-order valence-corrected chi connectivity index (χ2v) is 4.82. The first-order valence-electron chi connectivity index (χ1n) is 6.74. The predicted molar refractivity (Wildman–Crippen MR) is 78.8 cm³/mol. The Morgan fingerprint density at radius 2 is 2.09 bits per heavy atom. The van der Waals surface area contributed by atoms with Gasteiger partial charge in [-0.15, -0.1) is 0 Å². The largest absolute Gasteiger partial charge is 0.465 e. The molecule has 112 valence electrons. The lowest BCUT2D eigenvalue weighted by Crippen LogP contribution is -2.13. The number of carbonyl (C=O) groups is 1. The van der Waals surface area contributed by atoms with Crippen molar-refractivity contribution in [3.63, 3.8) is 0 Å². The summed E-state index contributed by atoms with van der Waals surface area (Å²) in [7, 11) is 1.30. The van der Waals surface area contributed by atoms with Crippen LogP contribution in [-0.4, -0.2) is 32.8 Å². The molecular weight excluding hydrogens is 284 g/mol. The van der Waals surface area contributed by atoms with Gasteiger partial charge in [0.05, 0.1) is 12.7 Å². The fourth-order valence-corrected chi connectivity index (χ4v) is 2.29. The molecular formula is C15H14N4O3. The van der Waals surface area contributed by atoms with Crippen molar-refractivity contribution >= 4 is 5.97 Å². The zero-order valence-electron chi connectivity index (χ0n) is 11.9. The van der Waals surface area contributed by atoms with Crippen LogP contribution in [0.1, 0.15) is 15.9 Å². The number of methoxy groups -OCH3 is 1. The minimum atomic E-state index is -0.519. The number of fused-ring (bicyclic) bond motifs is 1. The highest BCUT2D eigenvalue weighted by Crippen LogP contribution is 2.20. The van der Waals surface area contributed by atoms with Crippen LogP contribution >= 0.6 is 0 Å². The van der Waals surface area contributed by atoms with Crippen LogP contribution in [0.5, 0.6) is 0 Å². The Bertz CT molecular complexity index is 822. The highest BCUT2D eigenvalue weighted by molar-refractivity contribution is 5.95. The average molecular weight is 298 g/mol. The molecule has 22 heavy (non-hydrogen) atoms. The number of H-pyrrole nitrogens is 1. The van der Waals surface area contributed by atoms with Crippen molar-refractivity contribution in [2.75, 3.05) is 7.11 Å². The normalized spacial score (nSPS) is 10.8. The maximum absolute atomic E-state index is 11.9. The highest BCUT2D eigenvalue weighted by atomic mass is 16.5. The first-order chi connectivity index (χ1) is 10.7. The third-order valence-electron chi connectivity index (χ3n) is 3.43. The second kappa shape index (κ2) is 5.80. The smallest absolute Gasteiger partial charge is 0.341 e. The molecule has 0 spiro atoms. The average Bonchev–Trinajstić information content (AvgIpc) is 2.94. The van der Waals surface area contributed by atoms with E-state index in [9.17, 15) is 9.59 Å². The minimum absolute atomic E-state index is 0.271. The molecule has 7 nitrogen and oxygen atoms in total. The number of rotatable bonds is 4. The molecule has 0 bridgehead atoms. The lowest BCUT2D eigenvalue weighted by atomic mass is 10.1. The zero-order valence-corrected chi connectivity index (χ0v) is 11.9. The summed E-state index contributed by atoms with van der Waals surface area (Å²) in [4.78, 5) is 27.6. The number of aromatic nitrogens is 4. The Labute approximate surface area is 125 Å². The summed E-state index contributed by atoms with van der Waals surface area (Å²) in [5.74, 6) is -0.519. The van der Waals surface area contributed by atoms with Crippen molar-refractivity contribution in [2.24, 2.45) is 0 Å². The second-order valence-electron chi connectivity index (χ2n) is 4.82. The van der Waals surface area contributed by atoms with Crippen molar-refractivity contribution in [3.8, 4) is 11.3 Å². The molecule has 2 aliphatic heterocycles. The predicted octanol–water partition coefficient (Wildman–Crippen LogP) is 1.10. The molecule has 0 aliphatic carbocycles. The number of esters is 1. The van der Waals surface area contributed by atoms with Gasteiger partial charge in [-0.1, -0.05) is 0 Å². The molecule has 0 fully saturated rings. The molecule has 0 aromatic carbocycles. The fraction of sp³-hybridized carbons (Fsp3) is 0.200. The molecule has 0 saturated heterocycles. The molecule has 3 rings (SSSR count). The fourth-order valence-electron chi connectivity index (χ4n) is 2.29. The van der Waals surface area contributed by atoms with E-state index in [1.807, 2.05) is 12.1 Å². The van der Waals surface area contributed by atoms with E-state index in [1.54, 1.807) is 29.4 Å². The third kappa shape index (κ3) is 2.60. The number of hydrogen-bond acceptors (Lipinski definition) is 5. The van der Waals surface area contributed by atoms with Crippen LogP contribution in [0.3, 0.4) is 0 Å². The van der Waals surface area contributed by atoms with Crippen molar-refractivity contribution in [3.05, 3.63) is 58.4 Å². The SMILES string of the molecule is COC(=O)c1cn(CCc2ccncc2)cc2c(=O)[nH]nc1-2. The van der Waals surface area contributed by atoms with E-state index < -0.39 is 5.97 Å². The molecule has 1 aromatic heterocycles. The van der Waals surface area contributed by atoms with E-state index >= 15 is 0 Å². The van der Waals surface area contributed by atoms with Crippen molar-refractivity contribution in [2.45, 2.75) is 13.0 Å². The lowest BCUT2D eigenvalue weighted by Gasteiger charge is -2.11. The van der Waals surface area contributed by atoms with Crippen LogP contribution in [0, 0.1) is 0 Å². The van der Waals surface area contributed by atoms with E-state index in [0.717, 1.165) is 12.0 Å². The Morgan fingerprint density at radius 3 is 2.82 bits per heavy atom. The number of nitrogens with one attached hydrogen (secondary N) is 1. The number of hydrogen-bond donors (Lipinski definition) is 1. The first kappa shape index (κ1) is 14.0. The molecule has 0 unspecified atom stereocenters. The van der Waals surface area contributed by atoms with E-state index in [4.69, 9.17) is 4.74 Å². The van der Waals surface area contributed by atoms with E-state index in [0.29, 0.717) is 17.8 Å². The summed E-state index contributed by atoms with van der Waals surface area (Å²) in [6.07, 6.45) is 7.56. The van der Waals surface area contributed by atoms with E-state index in [-0.39, 0.29) is 11.1 Å². The molecule has 3 heterocycles. The van der Waals surface area contributed by atoms with Gasteiger partial charge in [0.25, 0.3) is 5.56 Å². The van der Waals surface area contributed by atoms with Crippen molar-refractivity contribution in [1.29, 1.82) is 0 Å². The number of ether oxygens (including phenoxy) is 1. The molecule has 2 aliphatic rings. The molecule has 0 atom stereocenters. The summed E-state index contributed by atoms with van der Waals surface area (Å²) >= 11 is 0. The molecule has 1 N–H and O–H groups in total. The van der Waals surface area contributed by atoms with Crippen molar-refractivity contribution < 1.29 is 9.53 Å². The molecule has 7 heteroatoms. The number of aromatic amines is 1. The van der Waals surface area contributed by atoms with Crippen LogP contribution < -0.4 is 5.56 Å². The summed E-state index contributed by atoms with van der Waals surface area (Å²) in [6.45, 7) is 0.620. The lowest BCUT2D eigenvalue weighted by molar-refractivity contribution is 0.0600. The first-order valence-corrected chi connectivity index (χ1v) is 6.74. The van der Waals surface area contributed by atoms with Gasteiger partial charge in [0.1, 0.15) is 11.3 Å². The summed E-state index contributed by atoms with van der Waals surface area (Å²) in [5.41, 5.74) is 1.78. The monoisotopic (exact) mass is 298 g/mol. The topological polar surface area (TPSA) is 89.9 Å². The van der Waals surface area contributed by atoms with Crippen molar-refractivity contribution in [1.82, 2.24) is 19.7 Å². The van der Waals surface area contributed by atoms with E-state index in [1.165, 1.54) is 7.11 Å². The van der Waals surface area contributed by atoms with Gasteiger partial charge in [0, 0.05) is 31.3 Å². The minimum Gasteiger partial charge on any atom is -0.465 e. The molecule has 0 saturated carbocycles. The number of nitrogens with zero attached hydrogens (tertiary/aromatic N) is 3. The van der Waals surface area contributed by atoms with Crippen LogP contribution in [0.2, 0.25) is 0 Å². The summed E-state index contributed by atoms with van der Waals surface area (Å²) < 4.78 is 6.55. The number of aryl methyl sites for hydroxylation is 2. The van der Waals surface area contributed by atoms with Gasteiger partial charge in [-0.2, -0.15) is 5.10 Å². The maximum atomic E-state index is 11.9. The third-order valence-corrected chi connectivity index (χ3v) is 3.43. The number of pyridine rings is 2. The summed E-state index contributed by atoms with van der Waals surface area (Å²) in [5, 5.41) is 6.25. The Hall–Kier alpha value is -2.96. The van der Waals surface area contributed by atoms with Gasteiger partial charge < -0.3 is 9.30 Å². The number of carbonyl (C=O) groups excluding carboxylic acids is 1. The van der Waals surface area contributed by atoms with Gasteiger partial charge in [-0.3, -0.25) is 9.78 Å². The highest BCUT2D eigenvalue weighted by Gasteiger charge is 2.21. The Morgan fingerprint density at radius 1 is 1.32 bits per heavy atom. The van der Waals surface area contributed by atoms with Crippen LogP contribution in [0.15, 0.2) is 41.7 Å². The molecule has 1 aromatic rings. The summed E-state index contributed by atoms with van der Waals surface area (Å²) in [6, 6.07) is 3.86. The molecule has 0 amide bonds. The Balaban J connectivity index is 1.95. The van der Waals surface area contributed by atoms with Gasteiger partial charge in [0.2, 0.25) is 0 Å². The van der Waals surface area contributed by atoms with Gasteiger partial charge in [0.15, 0.2) is 0 Å². The van der Waals surface area contributed by atoms with Gasteiger partial charge >= 0.3 is 5.97 Å².